The standard InChI is InChI=1S/C8H14O2/c1-3-7(2)5-4-6-8(9)10/h3,7H,1,4-6H2,2H3,(H,9,10). The van der Waals surface area contributed by atoms with Crippen LogP contribution in [0.25, 0.3) is 0 Å². The van der Waals surface area contributed by atoms with E-state index in [0.29, 0.717) is 5.92 Å². The number of hydrogen-bond acceptors (Lipinski definition) is 1. The summed E-state index contributed by atoms with van der Waals surface area (Å²) in [4.78, 5) is 10.0. The molecule has 0 rings (SSSR count). The van der Waals surface area contributed by atoms with Gasteiger partial charge in [-0.3, -0.25) is 4.79 Å². The van der Waals surface area contributed by atoms with Crippen molar-refractivity contribution in [3.63, 3.8) is 0 Å². The second kappa shape index (κ2) is 5.03. The van der Waals surface area contributed by atoms with E-state index in [2.05, 4.69) is 6.58 Å². The Kier molecular flexibility index (Phi) is 4.63. The lowest BCUT2D eigenvalue weighted by Crippen LogP contribution is -1.96. The number of carbonyl (C=O) groups is 1. The third kappa shape index (κ3) is 5.35. The molecule has 1 unspecified atom stereocenters. The average Bonchev–Trinajstić information content (AvgIpc) is 1.87. The van der Waals surface area contributed by atoms with Crippen LogP contribution in [0, 0.1) is 5.92 Å². The number of rotatable bonds is 5. The minimum absolute atomic E-state index is 0.276. The van der Waals surface area contributed by atoms with E-state index in [1.807, 2.05) is 13.0 Å². The highest BCUT2D eigenvalue weighted by molar-refractivity contribution is 5.66. The molecule has 2 nitrogen and oxygen atoms in total. The van der Waals surface area contributed by atoms with Gasteiger partial charge in [0.05, 0.1) is 0 Å². The van der Waals surface area contributed by atoms with Gasteiger partial charge in [-0.1, -0.05) is 13.0 Å². The highest BCUT2D eigenvalue weighted by Gasteiger charge is 1.99. The quantitative estimate of drug-likeness (QED) is 0.596. The van der Waals surface area contributed by atoms with Gasteiger partial charge in [0, 0.05) is 6.42 Å². The van der Waals surface area contributed by atoms with Crippen LogP contribution in [0.1, 0.15) is 26.2 Å². The lowest BCUT2D eigenvalue weighted by atomic mass is 10.0. The molecule has 0 aliphatic heterocycles. The van der Waals surface area contributed by atoms with Gasteiger partial charge in [0.2, 0.25) is 0 Å². The monoisotopic (exact) mass is 142 g/mol. The number of hydrogen-bond donors (Lipinski definition) is 1. The zero-order chi connectivity index (χ0) is 7.98. The largest absolute Gasteiger partial charge is 0.481 e. The Balaban J connectivity index is 3.19. The van der Waals surface area contributed by atoms with Gasteiger partial charge in [-0.2, -0.15) is 0 Å². The lowest BCUT2D eigenvalue weighted by molar-refractivity contribution is -0.137. The predicted molar refractivity (Wildman–Crippen MR) is 40.8 cm³/mol. The van der Waals surface area contributed by atoms with Gasteiger partial charge < -0.3 is 5.11 Å². The van der Waals surface area contributed by atoms with E-state index in [1.165, 1.54) is 0 Å². The maximum atomic E-state index is 10.0. The minimum atomic E-state index is -0.712. The van der Waals surface area contributed by atoms with Crippen LogP contribution in [0.15, 0.2) is 12.7 Å². The molecular weight excluding hydrogens is 128 g/mol. The molecule has 2 heteroatoms. The molecule has 0 aromatic heterocycles. The summed E-state index contributed by atoms with van der Waals surface area (Å²) in [5.74, 6) is -0.268. The summed E-state index contributed by atoms with van der Waals surface area (Å²) in [6.07, 6.45) is 3.80. The summed E-state index contributed by atoms with van der Waals surface area (Å²) < 4.78 is 0. The molecule has 0 amide bonds. The maximum Gasteiger partial charge on any atom is 0.303 e. The van der Waals surface area contributed by atoms with Crippen LogP contribution < -0.4 is 0 Å². The van der Waals surface area contributed by atoms with Crippen LogP contribution in [0.4, 0.5) is 0 Å². The van der Waals surface area contributed by atoms with E-state index in [-0.39, 0.29) is 6.42 Å². The first kappa shape index (κ1) is 9.21. The Bertz CT molecular complexity index is 118. The first-order valence-electron chi connectivity index (χ1n) is 3.51. The van der Waals surface area contributed by atoms with Crippen LogP contribution in [-0.4, -0.2) is 11.1 Å². The Morgan fingerprint density at radius 3 is 2.80 bits per heavy atom. The van der Waals surface area contributed by atoms with Crippen molar-refractivity contribution in [1.82, 2.24) is 0 Å². The third-order valence-corrected chi connectivity index (χ3v) is 1.45. The normalized spacial score (nSPS) is 12.5. The Morgan fingerprint density at radius 1 is 1.80 bits per heavy atom. The molecule has 0 fully saturated rings. The first-order valence-corrected chi connectivity index (χ1v) is 3.51. The van der Waals surface area contributed by atoms with Crippen molar-refractivity contribution >= 4 is 5.97 Å². The topological polar surface area (TPSA) is 37.3 Å². The Labute approximate surface area is 61.6 Å². The third-order valence-electron chi connectivity index (χ3n) is 1.45. The van der Waals surface area contributed by atoms with Crippen LogP contribution in [0.5, 0.6) is 0 Å². The highest BCUT2D eigenvalue weighted by atomic mass is 16.4. The number of carboxylic acid groups (broad SMARTS) is 1. The molecule has 0 aliphatic carbocycles. The van der Waals surface area contributed by atoms with Crippen molar-refractivity contribution in [2.24, 2.45) is 5.92 Å². The number of aliphatic carboxylic acids is 1. The fourth-order valence-electron chi connectivity index (χ4n) is 0.693. The smallest absolute Gasteiger partial charge is 0.303 e. The van der Waals surface area contributed by atoms with Gasteiger partial charge in [0.15, 0.2) is 0 Å². The van der Waals surface area contributed by atoms with Crippen LogP contribution >= 0.6 is 0 Å². The molecule has 1 atom stereocenters. The molecule has 0 aromatic rings. The van der Waals surface area contributed by atoms with Gasteiger partial charge in [-0.25, -0.2) is 0 Å². The highest BCUT2D eigenvalue weighted by Crippen LogP contribution is 2.07. The first-order chi connectivity index (χ1) is 4.66. The van der Waals surface area contributed by atoms with Crippen molar-refractivity contribution < 1.29 is 9.90 Å². The van der Waals surface area contributed by atoms with E-state index in [0.717, 1.165) is 12.8 Å². The summed E-state index contributed by atoms with van der Waals surface area (Å²) in [6.45, 7) is 5.65. The summed E-state index contributed by atoms with van der Waals surface area (Å²) in [6, 6.07) is 0. The van der Waals surface area contributed by atoms with Gasteiger partial charge in [-0.15, -0.1) is 6.58 Å². The molecule has 0 radical (unpaired) electrons. The van der Waals surface area contributed by atoms with Gasteiger partial charge in [0.1, 0.15) is 0 Å². The van der Waals surface area contributed by atoms with Crippen LogP contribution in [0.3, 0.4) is 0 Å². The second-order valence-corrected chi connectivity index (χ2v) is 2.50. The molecule has 0 saturated heterocycles. The minimum Gasteiger partial charge on any atom is -0.481 e. The average molecular weight is 142 g/mol. The van der Waals surface area contributed by atoms with Crippen LogP contribution in [0.2, 0.25) is 0 Å². The van der Waals surface area contributed by atoms with Crippen molar-refractivity contribution in [2.45, 2.75) is 26.2 Å². The van der Waals surface area contributed by atoms with E-state index >= 15 is 0 Å². The van der Waals surface area contributed by atoms with Crippen LogP contribution in [-0.2, 0) is 4.79 Å². The van der Waals surface area contributed by atoms with E-state index in [4.69, 9.17) is 5.11 Å². The molecular formula is C8H14O2. The van der Waals surface area contributed by atoms with Gasteiger partial charge >= 0.3 is 5.97 Å². The molecule has 10 heavy (non-hydrogen) atoms. The second-order valence-electron chi connectivity index (χ2n) is 2.50. The SMILES string of the molecule is C=CC(C)CCCC(=O)O. The molecule has 58 valence electrons. The zero-order valence-electron chi connectivity index (χ0n) is 6.34. The Hall–Kier alpha value is -0.790. The number of allylic oxidation sites excluding steroid dienone is 1. The molecule has 0 bridgehead atoms. The number of carboxylic acids is 1. The van der Waals surface area contributed by atoms with Crippen molar-refractivity contribution in [1.29, 1.82) is 0 Å². The summed E-state index contributed by atoms with van der Waals surface area (Å²) in [5.41, 5.74) is 0. The molecule has 0 aromatic carbocycles. The van der Waals surface area contributed by atoms with Gasteiger partial charge in [-0.05, 0) is 18.8 Å². The fourth-order valence-corrected chi connectivity index (χ4v) is 0.693. The van der Waals surface area contributed by atoms with Crippen molar-refractivity contribution in [3.8, 4) is 0 Å². The zero-order valence-corrected chi connectivity index (χ0v) is 6.34. The van der Waals surface area contributed by atoms with E-state index in [9.17, 15) is 4.79 Å². The maximum absolute atomic E-state index is 10.0. The summed E-state index contributed by atoms with van der Waals surface area (Å²) >= 11 is 0. The Morgan fingerprint density at radius 2 is 2.40 bits per heavy atom. The molecule has 0 saturated carbocycles. The van der Waals surface area contributed by atoms with Crippen molar-refractivity contribution in [3.05, 3.63) is 12.7 Å². The molecule has 0 heterocycles. The fraction of sp³-hybridized carbons (Fsp3) is 0.625. The van der Waals surface area contributed by atoms with E-state index < -0.39 is 5.97 Å². The van der Waals surface area contributed by atoms with E-state index in [1.54, 1.807) is 0 Å². The molecule has 0 spiro atoms. The van der Waals surface area contributed by atoms with Crippen molar-refractivity contribution in [2.75, 3.05) is 0 Å². The summed E-state index contributed by atoms with van der Waals surface area (Å²) in [7, 11) is 0. The van der Waals surface area contributed by atoms with Gasteiger partial charge in [0.25, 0.3) is 0 Å². The summed E-state index contributed by atoms with van der Waals surface area (Å²) in [5, 5.41) is 8.27. The molecule has 1 N–H and O–H groups in total. The lowest BCUT2D eigenvalue weighted by Gasteiger charge is -2.01. The predicted octanol–water partition coefficient (Wildman–Crippen LogP) is 2.06. The molecule has 0 aliphatic rings.